The van der Waals surface area contributed by atoms with Crippen LogP contribution in [0.15, 0.2) is 71.6 Å². The Bertz CT molecular complexity index is 1530. The summed E-state index contributed by atoms with van der Waals surface area (Å²) in [5.41, 5.74) is 0.687. The number of halogens is 3. The van der Waals surface area contributed by atoms with Crippen molar-refractivity contribution in [3.8, 4) is 5.75 Å². The number of amides is 2. The number of sulfonamides is 1. The molecule has 3 aromatic rings. The minimum absolute atomic E-state index is 0.0210. The number of hydrogen-bond donors (Lipinski definition) is 1. The van der Waals surface area contributed by atoms with Crippen LogP contribution in [0.3, 0.4) is 0 Å². The fourth-order valence-electron chi connectivity index (χ4n) is 4.95. The number of nitrogens with zero attached hydrogens (tertiary/aromatic N) is 2. The summed E-state index contributed by atoms with van der Waals surface area (Å²) in [5.74, 6) is -1.06. The summed E-state index contributed by atoms with van der Waals surface area (Å²) < 4.78 is 48.0. The van der Waals surface area contributed by atoms with Crippen LogP contribution in [-0.2, 0) is 26.2 Å². The summed E-state index contributed by atoms with van der Waals surface area (Å²) in [6, 6.07) is 14.6. The second-order valence-corrected chi connectivity index (χ2v) is 13.0. The zero-order valence-electron chi connectivity index (χ0n) is 23.9. The SMILES string of the molecule is CCOc1ccc(S(=O)(=O)N(CC(=O)N(Cc2ccc(Cl)c(Cl)c2)[C@H](C)C(=O)NC2CCCC2)c2ccc(F)cc2)cc1. The first kappa shape index (κ1) is 32.6. The lowest BCUT2D eigenvalue weighted by Crippen LogP contribution is -2.52. The molecule has 0 bridgehead atoms. The minimum atomic E-state index is -4.31. The van der Waals surface area contributed by atoms with Gasteiger partial charge in [0.2, 0.25) is 11.8 Å². The van der Waals surface area contributed by atoms with E-state index in [4.69, 9.17) is 27.9 Å². The Labute approximate surface area is 261 Å². The Morgan fingerprint density at radius 1 is 1.00 bits per heavy atom. The van der Waals surface area contributed by atoms with Gasteiger partial charge in [-0.1, -0.05) is 42.1 Å². The second kappa shape index (κ2) is 14.4. The highest BCUT2D eigenvalue weighted by Crippen LogP contribution is 2.28. The van der Waals surface area contributed by atoms with Crippen LogP contribution < -0.4 is 14.4 Å². The van der Waals surface area contributed by atoms with Crippen molar-refractivity contribution < 1.29 is 27.1 Å². The van der Waals surface area contributed by atoms with Gasteiger partial charge in [-0.3, -0.25) is 13.9 Å². The highest BCUT2D eigenvalue weighted by Gasteiger charge is 2.33. The molecule has 0 heterocycles. The molecule has 4 rings (SSSR count). The number of benzene rings is 3. The molecule has 0 spiro atoms. The van der Waals surface area contributed by atoms with Crippen molar-refractivity contribution in [2.24, 2.45) is 0 Å². The van der Waals surface area contributed by atoms with Gasteiger partial charge in [0.1, 0.15) is 24.2 Å². The Hall–Kier alpha value is -3.34. The van der Waals surface area contributed by atoms with E-state index in [-0.39, 0.29) is 34.1 Å². The second-order valence-electron chi connectivity index (χ2n) is 10.3. The lowest BCUT2D eigenvalue weighted by molar-refractivity contribution is -0.139. The number of carbonyl (C=O) groups excluding carboxylic acids is 2. The van der Waals surface area contributed by atoms with Gasteiger partial charge in [0.15, 0.2) is 0 Å². The Kier molecular flexibility index (Phi) is 10.9. The van der Waals surface area contributed by atoms with E-state index in [1.54, 1.807) is 25.1 Å². The van der Waals surface area contributed by atoms with Crippen molar-refractivity contribution in [3.63, 3.8) is 0 Å². The molecule has 1 fully saturated rings. The Morgan fingerprint density at radius 3 is 2.26 bits per heavy atom. The number of nitrogens with one attached hydrogen (secondary N) is 1. The third-order valence-corrected chi connectivity index (χ3v) is 9.85. The van der Waals surface area contributed by atoms with Gasteiger partial charge in [0.25, 0.3) is 10.0 Å². The summed E-state index contributed by atoms with van der Waals surface area (Å²) in [6.45, 7) is 3.14. The summed E-state index contributed by atoms with van der Waals surface area (Å²) >= 11 is 12.3. The number of rotatable bonds is 12. The molecule has 1 saturated carbocycles. The number of hydrogen-bond acceptors (Lipinski definition) is 5. The molecule has 1 aliphatic carbocycles. The molecule has 3 aromatic carbocycles. The smallest absolute Gasteiger partial charge is 0.264 e. The standard InChI is InChI=1S/C31H34Cl2FN3O5S/c1-3-42-26-13-15-27(16-14-26)43(40,41)37(25-11-9-23(34)10-12-25)20-30(38)36(19-22-8-17-28(32)29(33)18-22)21(2)31(39)35-24-6-4-5-7-24/h8-18,21,24H,3-7,19-20H2,1-2H3,(H,35,39)/t21-/m1/s1. The lowest BCUT2D eigenvalue weighted by atomic mass is 10.1. The first-order chi connectivity index (χ1) is 20.5. The Morgan fingerprint density at radius 2 is 1.65 bits per heavy atom. The predicted octanol–water partition coefficient (Wildman–Crippen LogP) is 6.20. The summed E-state index contributed by atoms with van der Waals surface area (Å²) in [4.78, 5) is 28.6. The van der Waals surface area contributed by atoms with Crippen molar-refractivity contribution in [2.75, 3.05) is 17.5 Å². The van der Waals surface area contributed by atoms with Crippen molar-refractivity contribution in [2.45, 2.75) is 63.1 Å². The van der Waals surface area contributed by atoms with Crippen molar-refractivity contribution in [3.05, 3.63) is 88.2 Å². The fourth-order valence-corrected chi connectivity index (χ4v) is 6.68. The molecule has 1 atom stereocenters. The quantitative estimate of drug-likeness (QED) is 0.252. The van der Waals surface area contributed by atoms with E-state index < -0.39 is 34.3 Å². The molecule has 43 heavy (non-hydrogen) atoms. The van der Waals surface area contributed by atoms with Crippen LogP contribution in [0.25, 0.3) is 0 Å². The third-order valence-electron chi connectivity index (χ3n) is 7.32. The maximum Gasteiger partial charge on any atom is 0.264 e. The van der Waals surface area contributed by atoms with E-state index in [0.29, 0.717) is 22.9 Å². The van der Waals surface area contributed by atoms with E-state index in [1.807, 2.05) is 6.92 Å². The molecule has 0 aromatic heterocycles. The van der Waals surface area contributed by atoms with Crippen LogP contribution in [0.1, 0.15) is 45.1 Å². The third kappa shape index (κ3) is 8.19. The van der Waals surface area contributed by atoms with Crippen LogP contribution in [0.4, 0.5) is 10.1 Å². The van der Waals surface area contributed by atoms with E-state index in [1.165, 1.54) is 41.3 Å². The van der Waals surface area contributed by atoms with E-state index in [2.05, 4.69) is 5.32 Å². The van der Waals surface area contributed by atoms with E-state index >= 15 is 0 Å². The van der Waals surface area contributed by atoms with Gasteiger partial charge in [0.05, 0.1) is 27.2 Å². The first-order valence-corrected chi connectivity index (χ1v) is 16.2. The van der Waals surface area contributed by atoms with Crippen LogP contribution in [0.2, 0.25) is 10.0 Å². The molecule has 2 amide bonds. The maximum atomic E-state index is 14.0. The van der Waals surface area contributed by atoms with Crippen LogP contribution >= 0.6 is 23.2 Å². The molecule has 1 N–H and O–H groups in total. The molecule has 0 saturated heterocycles. The molecular formula is C31H34Cl2FN3O5S. The molecule has 0 radical (unpaired) electrons. The van der Waals surface area contributed by atoms with E-state index in [9.17, 15) is 22.4 Å². The normalized spacial score (nSPS) is 14.3. The summed E-state index contributed by atoms with van der Waals surface area (Å²) in [7, 11) is -4.31. The van der Waals surface area contributed by atoms with Crippen LogP contribution in [0, 0.1) is 5.82 Å². The molecule has 8 nitrogen and oxygen atoms in total. The number of ether oxygens (including phenoxy) is 1. The van der Waals surface area contributed by atoms with Crippen LogP contribution in [-0.4, -0.2) is 50.4 Å². The highest BCUT2D eigenvalue weighted by molar-refractivity contribution is 7.92. The van der Waals surface area contributed by atoms with Crippen LogP contribution in [0.5, 0.6) is 5.75 Å². The topological polar surface area (TPSA) is 96.0 Å². The molecular weight excluding hydrogens is 616 g/mol. The average molecular weight is 651 g/mol. The van der Waals surface area contributed by atoms with Gasteiger partial charge >= 0.3 is 0 Å². The van der Waals surface area contributed by atoms with Gasteiger partial charge in [-0.2, -0.15) is 0 Å². The first-order valence-electron chi connectivity index (χ1n) is 14.0. The minimum Gasteiger partial charge on any atom is -0.494 e. The summed E-state index contributed by atoms with van der Waals surface area (Å²) in [6.07, 6.45) is 3.75. The van der Waals surface area contributed by atoms with Crippen molar-refractivity contribution >= 4 is 50.7 Å². The maximum absolute atomic E-state index is 14.0. The number of carbonyl (C=O) groups is 2. The highest BCUT2D eigenvalue weighted by atomic mass is 35.5. The number of anilines is 1. The van der Waals surface area contributed by atoms with Crippen molar-refractivity contribution in [1.29, 1.82) is 0 Å². The van der Waals surface area contributed by atoms with Gasteiger partial charge in [-0.15, -0.1) is 0 Å². The molecule has 230 valence electrons. The van der Waals surface area contributed by atoms with Gasteiger partial charge in [-0.05, 0) is 92.9 Å². The van der Waals surface area contributed by atoms with Gasteiger partial charge < -0.3 is 15.0 Å². The van der Waals surface area contributed by atoms with Crippen molar-refractivity contribution in [1.82, 2.24) is 10.2 Å². The van der Waals surface area contributed by atoms with E-state index in [0.717, 1.165) is 42.1 Å². The zero-order chi connectivity index (χ0) is 31.1. The monoisotopic (exact) mass is 649 g/mol. The predicted molar refractivity (Wildman–Crippen MR) is 165 cm³/mol. The zero-order valence-corrected chi connectivity index (χ0v) is 26.3. The Balaban J connectivity index is 1.68. The van der Waals surface area contributed by atoms with Gasteiger partial charge in [-0.25, -0.2) is 12.8 Å². The lowest BCUT2D eigenvalue weighted by Gasteiger charge is -2.32. The summed E-state index contributed by atoms with van der Waals surface area (Å²) in [5, 5.41) is 3.63. The fraction of sp³-hybridized carbons (Fsp3) is 0.355. The molecule has 0 unspecified atom stereocenters. The molecule has 0 aliphatic heterocycles. The largest absolute Gasteiger partial charge is 0.494 e. The molecule has 12 heteroatoms. The average Bonchev–Trinajstić information content (AvgIpc) is 3.50. The van der Waals surface area contributed by atoms with Gasteiger partial charge in [0, 0.05) is 12.6 Å². The molecule has 1 aliphatic rings.